The topological polar surface area (TPSA) is 12.0 Å². The summed E-state index contributed by atoms with van der Waals surface area (Å²) in [7, 11) is 0. The minimum absolute atomic E-state index is 0.524. The Morgan fingerprint density at radius 3 is 2.00 bits per heavy atom. The van der Waals surface area contributed by atoms with Gasteiger partial charge >= 0.3 is 0 Å². The van der Waals surface area contributed by atoms with Crippen LogP contribution in [-0.2, 0) is 0 Å². The lowest BCUT2D eigenvalue weighted by molar-refractivity contribution is 0.149. The van der Waals surface area contributed by atoms with E-state index < -0.39 is 0 Å². The van der Waals surface area contributed by atoms with Crippen molar-refractivity contribution in [2.75, 3.05) is 13.1 Å². The first kappa shape index (κ1) is 14.4. The van der Waals surface area contributed by atoms with Crippen molar-refractivity contribution in [2.45, 2.75) is 66.7 Å². The van der Waals surface area contributed by atoms with Crippen LogP contribution in [0.5, 0.6) is 0 Å². The van der Waals surface area contributed by atoms with E-state index in [-0.39, 0.29) is 0 Å². The van der Waals surface area contributed by atoms with E-state index in [0.29, 0.717) is 10.8 Å². The summed E-state index contributed by atoms with van der Waals surface area (Å²) in [4.78, 5) is 0. The van der Waals surface area contributed by atoms with E-state index in [2.05, 4.69) is 39.9 Å². The van der Waals surface area contributed by atoms with Gasteiger partial charge in [0, 0.05) is 0 Å². The van der Waals surface area contributed by atoms with Crippen LogP contribution < -0.4 is 5.32 Å². The maximum Gasteiger partial charge on any atom is -0.00151 e. The lowest BCUT2D eigenvalue weighted by atomic mass is 9.70. The highest BCUT2D eigenvalue weighted by Crippen LogP contribution is 2.51. The van der Waals surface area contributed by atoms with Crippen molar-refractivity contribution in [2.24, 2.45) is 28.6 Å². The number of nitrogens with one attached hydrogen (secondary N) is 1. The lowest BCUT2D eigenvalue weighted by Gasteiger charge is -2.37. The van der Waals surface area contributed by atoms with Crippen molar-refractivity contribution in [3.05, 3.63) is 0 Å². The molecular weight excluding hydrogens is 218 g/mol. The van der Waals surface area contributed by atoms with Crippen LogP contribution >= 0.6 is 0 Å². The molecule has 0 aliphatic heterocycles. The third kappa shape index (κ3) is 3.73. The molecule has 2 rings (SSSR count). The van der Waals surface area contributed by atoms with Gasteiger partial charge in [0.2, 0.25) is 0 Å². The van der Waals surface area contributed by atoms with Gasteiger partial charge in [-0.2, -0.15) is 0 Å². The summed E-state index contributed by atoms with van der Waals surface area (Å²) in [5, 5.41) is 3.73. The van der Waals surface area contributed by atoms with Crippen molar-refractivity contribution >= 4 is 0 Å². The molecule has 0 radical (unpaired) electrons. The van der Waals surface area contributed by atoms with Crippen molar-refractivity contribution in [3.8, 4) is 0 Å². The van der Waals surface area contributed by atoms with Gasteiger partial charge in [0.05, 0.1) is 0 Å². The number of rotatable bonds is 4. The molecule has 1 unspecified atom stereocenters. The second kappa shape index (κ2) is 5.15. The zero-order valence-electron chi connectivity index (χ0n) is 13.2. The summed E-state index contributed by atoms with van der Waals surface area (Å²) in [5.74, 6) is 2.85. The second-order valence-electron chi connectivity index (χ2n) is 8.63. The fourth-order valence-electron chi connectivity index (χ4n) is 3.62. The summed E-state index contributed by atoms with van der Waals surface area (Å²) >= 11 is 0. The van der Waals surface area contributed by atoms with Gasteiger partial charge in [0.15, 0.2) is 0 Å². The van der Waals surface area contributed by atoms with E-state index in [1.54, 1.807) is 0 Å². The number of hydrogen-bond donors (Lipinski definition) is 1. The molecule has 2 fully saturated rings. The number of hydrogen-bond acceptors (Lipinski definition) is 1. The molecular formula is C17H33N. The SMILES string of the molecule is CC(C)(C)C1CCC(CNCC2CC2(C)C)CC1. The quantitative estimate of drug-likeness (QED) is 0.777. The van der Waals surface area contributed by atoms with E-state index in [0.717, 1.165) is 17.8 Å². The molecule has 1 nitrogen and oxygen atoms in total. The van der Waals surface area contributed by atoms with Crippen LogP contribution in [0.15, 0.2) is 0 Å². The van der Waals surface area contributed by atoms with Crippen LogP contribution in [-0.4, -0.2) is 13.1 Å². The molecule has 0 aromatic carbocycles. The Morgan fingerprint density at radius 1 is 1.00 bits per heavy atom. The summed E-state index contributed by atoms with van der Waals surface area (Å²) in [5.41, 5.74) is 1.16. The molecule has 1 N–H and O–H groups in total. The van der Waals surface area contributed by atoms with Crippen molar-refractivity contribution in [1.82, 2.24) is 5.32 Å². The van der Waals surface area contributed by atoms with Crippen molar-refractivity contribution < 1.29 is 0 Å². The highest BCUT2D eigenvalue weighted by molar-refractivity contribution is 4.96. The van der Waals surface area contributed by atoms with Gasteiger partial charge in [0.1, 0.15) is 0 Å². The van der Waals surface area contributed by atoms with Crippen LogP contribution in [0.3, 0.4) is 0 Å². The van der Waals surface area contributed by atoms with E-state index in [1.807, 2.05) is 0 Å². The summed E-state index contributed by atoms with van der Waals surface area (Å²) in [6, 6.07) is 0. The van der Waals surface area contributed by atoms with Gasteiger partial charge in [-0.1, -0.05) is 34.6 Å². The predicted molar refractivity (Wildman–Crippen MR) is 79.7 cm³/mol. The van der Waals surface area contributed by atoms with Crippen molar-refractivity contribution in [1.29, 1.82) is 0 Å². The molecule has 1 heteroatoms. The van der Waals surface area contributed by atoms with Gasteiger partial charge in [-0.3, -0.25) is 0 Å². The molecule has 106 valence electrons. The minimum atomic E-state index is 0.524. The first-order valence-corrected chi connectivity index (χ1v) is 8.00. The van der Waals surface area contributed by atoms with E-state index in [9.17, 15) is 0 Å². The van der Waals surface area contributed by atoms with E-state index in [4.69, 9.17) is 0 Å². The molecule has 0 bridgehead atoms. The monoisotopic (exact) mass is 251 g/mol. The largest absolute Gasteiger partial charge is 0.316 e. The highest BCUT2D eigenvalue weighted by Gasteiger charge is 2.44. The van der Waals surface area contributed by atoms with Gasteiger partial charge in [0.25, 0.3) is 0 Å². The molecule has 2 aliphatic carbocycles. The molecule has 0 amide bonds. The Morgan fingerprint density at radius 2 is 1.56 bits per heavy atom. The van der Waals surface area contributed by atoms with E-state index >= 15 is 0 Å². The Hall–Kier alpha value is -0.0400. The van der Waals surface area contributed by atoms with Crippen molar-refractivity contribution in [3.63, 3.8) is 0 Å². The Kier molecular flexibility index (Phi) is 4.11. The molecule has 1 atom stereocenters. The third-order valence-electron chi connectivity index (χ3n) is 5.61. The smallest absolute Gasteiger partial charge is 0.00151 e. The zero-order valence-corrected chi connectivity index (χ0v) is 13.2. The van der Waals surface area contributed by atoms with Gasteiger partial charge in [-0.15, -0.1) is 0 Å². The van der Waals surface area contributed by atoms with Crippen LogP contribution in [0.2, 0.25) is 0 Å². The van der Waals surface area contributed by atoms with Gasteiger partial charge in [-0.25, -0.2) is 0 Å². The molecule has 0 aromatic rings. The van der Waals surface area contributed by atoms with Gasteiger partial charge in [-0.05, 0) is 73.8 Å². The Balaban J connectivity index is 1.59. The Labute approximate surface area is 114 Å². The predicted octanol–water partition coefficient (Wildman–Crippen LogP) is 4.47. The molecule has 2 saturated carbocycles. The van der Waals surface area contributed by atoms with Crippen LogP contribution in [0, 0.1) is 28.6 Å². The molecule has 2 aliphatic rings. The molecule has 0 saturated heterocycles. The summed E-state index contributed by atoms with van der Waals surface area (Å²) < 4.78 is 0. The Bertz CT molecular complexity index is 266. The van der Waals surface area contributed by atoms with Crippen LogP contribution in [0.1, 0.15) is 66.7 Å². The molecule has 0 heterocycles. The molecule has 0 spiro atoms. The highest BCUT2D eigenvalue weighted by atomic mass is 14.9. The standard InChI is InChI=1S/C17H33N/c1-16(2,3)14-8-6-13(7-9-14)11-18-12-15-10-17(15,4)5/h13-15,18H,6-12H2,1-5H3. The van der Waals surface area contributed by atoms with Crippen LogP contribution in [0.4, 0.5) is 0 Å². The zero-order chi connectivity index (χ0) is 13.4. The second-order valence-corrected chi connectivity index (χ2v) is 8.63. The normalized spacial score (nSPS) is 35.5. The molecule has 18 heavy (non-hydrogen) atoms. The molecule has 0 aromatic heterocycles. The summed E-state index contributed by atoms with van der Waals surface area (Å²) in [6.07, 6.45) is 7.22. The fraction of sp³-hybridized carbons (Fsp3) is 1.00. The minimum Gasteiger partial charge on any atom is -0.316 e. The lowest BCUT2D eigenvalue weighted by Crippen LogP contribution is -2.31. The third-order valence-corrected chi connectivity index (χ3v) is 5.61. The average Bonchev–Trinajstić information content (AvgIpc) is 2.86. The fourth-order valence-corrected chi connectivity index (χ4v) is 3.62. The maximum atomic E-state index is 3.73. The maximum absolute atomic E-state index is 3.73. The van der Waals surface area contributed by atoms with E-state index in [1.165, 1.54) is 45.2 Å². The average molecular weight is 251 g/mol. The first-order valence-electron chi connectivity index (χ1n) is 8.00. The summed E-state index contributed by atoms with van der Waals surface area (Å²) in [6.45, 7) is 14.5. The first-order chi connectivity index (χ1) is 8.29. The van der Waals surface area contributed by atoms with Gasteiger partial charge < -0.3 is 5.32 Å². The van der Waals surface area contributed by atoms with Crippen LogP contribution in [0.25, 0.3) is 0 Å².